The molecule has 0 aliphatic rings. The number of rotatable bonds is 4. The average molecular weight is 238 g/mol. The zero-order chi connectivity index (χ0) is 12.1. The number of benzene rings is 1. The van der Waals surface area contributed by atoms with Crippen LogP contribution in [-0.2, 0) is 0 Å². The summed E-state index contributed by atoms with van der Waals surface area (Å²) in [5, 5.41) is 11.2. The molecule has 0 atom stereocenters. The maximum atomic E-state index is 11.9. The van der Waals surface area contributed by atoms with E-state index in [0.717, 1.165) is 5.56 Å². The van der Waals surface area contributed by atoms with Crippen LogP contribution >= 0.6 is 0 Å². The molecule has 0 bridgehead atoms. The normalized spacial score (nSPS) is 11.2. The minimum Gasteiger partial charge on any atom is -0.435 e. The third kappa shape index (κ3) is 3.33. The Kier molecular flexibility index (Phi) is 3.39. The topological polar surface area (TPSA) is 52.3 Å². The molecule has 0 aliphatic heterocycles. The summed E-state index contributed by atoms with van der Waals surface area (Å²) in [5.74, 6) is 0.112. The van der Waals surface area contributed by atoms with Gasteiger partial charge in [-0.2, -0.15) is 13.9 Å². The lowest BCUT2D eigenvalue weighted by atomic mass is 10.2. The number of halogens is 2. The average Bonchev–Trinajstić information content (AvgIpc) is 2.80. The monoisotopic (exact) mass is 238 g/mol. The summed E-state index contributed by atoms with van der Waals surface area (Å²) >= 11 is 0. The minimum atomic E-state index is -2.81. The second-order valence-electron chi connectivity index (χ2n) is 3.03. The van der Waals surface area contributed by atoms with E-state index in [2.05, 4.69) is 20.0 Å². The molecule has 1 aromatic heterocycles. The molecule has 0 N–H and O–H groups in total. The Morgan fingerprint density at radius 1 is 1.18 bits per heavy atom. The quantitative estimate of drug-likeness (QED) is 0.762. The van der Waals surface area contributed by atoms with Crippen LogP contribution in [0.25, 0.3) is 0 Å². The Morgan fingerprint density at radius 2 is 1.82 bits per heavy atom. The van der Waals surface area contributed by atoms with Gasteiger partial charge in [0.15, 0.2) is 0 Å². The minimum absolute atomic E-state index is 0.112. The SMILES string of the molecule is FC(F)Oc1ccc(/C=N\n2cnnc2)cc1. The van der Waals surface area contributed by atoms with Crippen LogP contribution in [0.3, 0.4) is 0 Å². The first-order valence-electron chi connectivity index (χ1n) is 4.68. The Bertz CT molecular complexity index is 482. The van der Waals surface area contributed by atoms with Gasteiger partial charge < -0.3 is 4.74 Å². The van der Waals surface area contributed by atoms with Gasteiger partial charge in [0.2, 0.25) is 0 Å². The highest BCUT2D eigenvalue weighted by molar-refractivity contribution is 5.79. The zero-order valence-corrected chi connectivity index (χ0v) is 8.57. The highest BCUT2D eigenvalue weighted by Gasteiger charge is 2.02. The molecule has 17 heavy (non-hydrogen) atoms. The van der Waals surface area contributed by atoms with E-state index in [4.69, 9.17) is 0 Å². The van der Waals surface area contributed by atoms with Gasteiger partial charge in [0.1, 0.15) is 18.4 Å². The van der Waals surface area contributed by atoms with E-state index in [9.17, 15) is 8.78 Å². The predicted octanol–water partition coefficient (Wildman–Crippen LogP) is 1.76. The van der Waals surface area contributed by atoms with Gasteiger partial charge in [-0.25, -0.2) is 4.68 Å². The van der Waals surface area contributed by atoms with Gasteiger partial charge in [-0.1, -0.05) is 0 Å². The fourth-order valence-corrected chi connectivity index (χ4v) is 1.12. The van der Waals surface area contributed by atoms with E-state index in [-0.39, 0.29) is 5.75 Å². The van der Waals surface area contributed by atoms with Crippen LogP contribution in [-0.4, -0.2) is 27.7 Å². The fourth-order valence-electron chi connectivity index (χ4n) is 1.12. The van der Waals surface area contributed by atoms with E-state index in [1.165, 1.54) is 29.5 Å². The van der Waals surface area contributed by atoms with Gasteiger partial charge in [-0.15, -0.1) is 10.2 Å². The van der Waals surface area contributed by atoms with Gasteiger partial charge in [-0.3, -0.25) is 0 Å². The van der Waals surface area contributed by atoms with Crippen LogP contribution in [0.5, 0.6) is 5.75 Å². The summed E-state index contributed by atoms with van der Waals surface area (Å²) in [4.78, 5) is 0. The molecular weight excluding hydrogens is 230 g/mol. The van der Waals surface area contributed by atoms with Crippen molar-refractivity contribution in [3.63, 3.8) is 0 Å². The van der Waals surface area contributed by atoms with Crippen molar-refractivity contribution in [2.75, 3.05) is 0 Å². The van der Waals surface area contributed by atoms with Crippen LogP contribution in [0, 0.1) is 0 Å². The summed E-state index contributed by atoms with van der Waals surface area (Å²) in [6.45, 7) is -2.81. The second kappa shape index (κ2) is 5.15. The summed E-state index contributed by atoms with van der Waals surface area (Å²) in [6, 6.07) is 6.12. The van der Waals surface area contributed by atoms with Crippen LogP contribution in [0.4, 0.5) is 8.78 Å². The molecule has 0 saturated heterocycles. The van der Waals surface area contributed by atoms with Crippen LogP contribution in [0.15, 0.2) is 42.0 Å². The summed E-state index contributed by atoms with van der Waals surface area (Å²) in [6.07, 6.45) is 4.42. The largest absolute Gasteiger partial charge is 0.435 e. The maximum Gasteiger partial charge on any atom is 0.387 e. The van der Waals surface area contributed by atoms with Gasteiger partial charge in [0, 0.05) is 0 Å². The molecule has 1 heterocycles. The van der Waals surface area contributed by atoms with Crippen molar-refractivity contribution in [2.45, 2.75) is 6.61 Å². The van der Waals surface area contributed by atoms with Gasteiger partial charge in [0.05, 0.1) is 6.21 Å². The Hall–Kier alpha value is -2.31. The second-order valence-corrected chi connectivity index (χ2v) is 3.03. The molecule has 2 aromatic rings. The van der Waals surface area contributed by atoms with E-state index in [1.54, 1.807) is 18.3 Å². The lowest BCUT2D eigenvalue weighted by Gasteiger charge is -2.03. The summed E-state index contributed by atoms with van der Waals surface area (Å²) in [7, 11) is 0. The molecule has 88 valence electrons. The van der Waals surface area contributed by atoms with E-state index < -0.39 is 6.61 Å². The highest BCUT2D eigenvalue weighted by Crippen LogP contribution is 2.13. The number of nitrogens with zero attached hydrogens (tertiary/aromatic N) is 4. The van der Waals surface area contributed by atoms with E-state index in [0.29, 0.717) is 0 Å². The molecule has 0 fully saturated rings. The van der Waals surface area contributed by atoms with E-state index >= 15 is 0 Å². The number of ether oxygens (including phenoxy) is 1. The zero-order valence-electron chi connectivity index (χ0n) is 8.57. The molecule has 2 rings (SSSR count). The van der Waals surface area contributed by atoms with Crippen molar-refractivity contribution in [1.82, 2.24) is 14.9 Å². The molecule has 5 nitrogen and oxygen atoms in total. The first kappa shape index (κ1) is 11.2. The molecule has 0 saturated carbocycles. The van der Waals surface area contributed by atoms with E-state index in [1.807, 2.05) is 0 Å². The molecule has 7 heteroatoms. The molecule has 0 amide bonds. The first-order valence-corrected chi connectivity index (χ1v) is 4.68. The first-order chi connectivity index (χ1) is 8.24. The number of aromatic nitrogens is 3. The molecule has 0 unspecified atom stereocenters. The number of alkyl halides is 2. The van der Waals surface area contributed by atoms with Crippen molar-refractivity contribution in [3.8, 4) is 5.75 Å². The third-order valence-corrected chi connectivity index (χ3v) is 1.85. The molecule has 1 aromatic carbocycles. The lowest BCUT2D eigenvalue weighted by Crippen LogP contribution is -2.01. The Balaban J connectivity index is 2.03. The number of hydrogen-bond donors (Lipinski definition) is 0. The van der Waals surface area contributed by atoms with Crippen molar-refractivity contribution in [3.05, 3.63) is 42.5 Å². The Labute approximate surface area is 95.4 Å². The highest BCUT2D eigenvalue weighted by atomic mass is 19.3. The maximum absolute atomic E-state index is 11.9. The van der Waals surface area contributed by atoms with Gasteiger partial charge in [0.25, 0.3) is 0 Å². The van der Waals surface area contributed by atoms with Crippen LogP contribution in [0.2, 0.25) is 0 Å². The smallest absolute Gasteiger partial charge is 0.387 e. The molecule has 0 radical (unpaired) electrons. The predicted molar refractivity (Wildman–Crippen MR) is 56.1 cm³/mol. The standard InChI is InChI=1S/C10H8F2N4O/c11-10(12)17-9-3-1-8(2-4-9)5-15-16-6-13-14-7-16/h1-7,10H/b15-5-. The third-order valence-electron chi connectivity index (χ3n) is 1.85. The molecular formula is C10H8F2N4O. The lowest BCUT2D eigenvalue weighted by molar-refractivity contribution is -0.0498. The molecule has 0 spiro atoms. The summed E-state index contributed by atoms with van der Waals surface area (Å²) < 4.78 is 29.4. The van der Waals surface area contributed by atoms with Crippen molar-refractivity contribution in [1.29, 1.82) is 0 Å². The van der Waals surface area contributed by atoms with Crippen molar-refractivity contribution >= 4 is 6.21 Å². The van der Waals surface area contributed by atoms with Gasteiger partial charge >= 0.3 is 6.61 Å². The van der Waals surface area contributed by atoms with Crippen LogP contribution in [0.1, 0.15) is 5.56 Å². The van der Waals surface area contributed by atoms with Gasteiger partial charge in [-0.05, 0) is 29.8 Å². The molecule has 0 aliphatic carbocycles. The summed E-state index contributed by atoms with van der Waals surface area (Å²) in [5.41, 5.74) is 0.750. The Morgan fingerprint density at radius 3 is 2.41 bits per heavy atom. The van der Waals surface area contributed by atoms with Crippen molar-refractivity contribution in [2.24, 2.45) is 5.10 Å². The van der Waals surface area contributed by atoms with Crippen molar-refractivity contribution < 1.29 is 13.5 Å². The number of hydrogen-bond acceptors (Lipinski definition) is 4. The fraction of sp³-hybridized carbons (Fsp3) is 0.100. The van der Waals surface area contributed by atoms with Crippen LogP contribution < -0.4 is 4.74 Å².